The highest BCUT2D eigenvalue weighted by atomic mass is 35.5. The van der Waals surface area contributed by atoms with Crippen LogP contribution in [0.1, 0.15) is 107 Å². The Morgan fingerprint density at radius 3 is 1.85 bits per heavy atom. The van der Waals surface area contributed by atoms with Crippen molar-refractivity contribution in [2.75, 3.05) is 86.3 Å². The standard InChI is InChI=1S/C65H79Cl2N9O10/c1-42(2)34-52(55(78)19-5-4-10-27-69-58(79)20-13-33-77)72-51(18-12-28-70-64(68)83)63(82)71-46-25-23-43(24-26-46)41-85-56-35-53-61(49-16-8-6-14-47(49)56)44(37-66)39-75(53)59(80)21-11-22-60(81)76-40-45(38-67)62-50-17-9-7-15-48(50)57(36-54(62)76)86-65(84)74-31-29-73(3)30-32-74/h6-9,13-17,20,23-26,33,35-36,42,44-45,51-52,72H,4-5,10-12,18-19,21-22,27-32,34,37-41H2,1-3H3,(H,69,79)(H,71,82)(H3,68,70,83)/b20-13-/t44-,45-,51+,52?/m1/s1. The topological polar surface area (TPSA) is 242 Å². The number of rotatable bonds is 29. The number of amides is 7. The average Bonchev–Trinajstić information content (AvgIpc) is 1.78. The maximum absolute atomic E-state index is 14.4. The van der Waals surface area contributed by atoms with Crippen LogP contribution in [-0.4, -0.2) is 141 Å². The molecule has 1 saturated heterocycles. The van der Waals surface area contributed by atoms with Gasteiger partial charge in [-0.05, 0) is 97.2 Å². The van der Waals surface area contributed by atoms with Crippen molar-refractivity contribution in [2.24, 2.45) is 11.7 Å². The quantitative estimate of drug-likeness (QED) is 0.0130. The molecule has 3 heterocycles. The Hall–Kier alpha value is -7.58. The highest BCUT2D eigenvalue weighted by Crippen LogP contribution is 2.48. The third-order valence-corrected chi connectivity index (χ3v) is 16.8. The minimum atomic E-state index is -0.781. The van der Waals surface area contributed by atoms with Gasteiger partial charge in [0.2, 0.25) is 23.6 Å². The first kappa shape index (κ1) is 64.4. The van der Waals surface area contributed by atoms with E-state index in [-0.39, 0.29) is 91.3 Å². The molecule has 21 heteroatoms. The lowest BCUT2D eigenvalue weighted by molar-refractivity contribution is -0.123. The van der Waals surface area contributed by atoms with Crippen LogP contribution in [0.5, 0.6) is 11.5 Å². The summed E-state index contributed by atoms with van der Waals surface area (Å²) in [7, 11) is 2.02. The van der Waals surface area contributed by atoms with Crippen LogP contribution in [0.2, 0.25) is 0 Å². The second kappa shape index (κ2) is 31.2. The number of ketones is 1. The van der Waals surface area contributed by atoms with E-state index in [9.17, 15) is 38.4 Å². The molecular formula is C65H79Cl2N9O10. The van der Waals surface area contributed by atoms with Crippen LogP contribution >= 0.6 is 23.2 Å². The van der Waals surface area contributed by atoms with Gasteiger partial charge in [-0.3, -0.25) is 34.1 Å². The molecule has 1 fully saturated rings. The lowest BCUT2D eigenvalue weighted by Crippen LogP contribution is -2.49. The zero-order chi connectivity index (χ0) is 61.3. The van der Waals surface area contributed by atoms with Crippen molar-refractivity contribution in [2.45, 2.75) is 109 Å². The van der Waals surface area contributed by atoms with Crippen molar-refractivity contribution in [3.63, 3.8) is 0 Å². The van der Waals surface area contributed by atoms with E-state index in [1.165, 1.54) is 0 Å². The number of benzene rings is 5. The van der Waals surface area contributed by atoms with Gasteiger partial charge in [-0.2, -0.15) is 0 Å². The van der Waals surface area contributed by atoms with E-state index in [2.05, 4.69) is 26.2 Å². The number of halogens is 2. The Bertz CT molecular complexity index is 3280. The number of piperazine rings is 1. The van der Waals surface area contributed by atoms with E-state index in [4.69, 9.17) is 38.4 Å². The van der Waals surface area contributed by atoms with Gasteiger partial charge >= 0.3 is 12.1 Å². The summed E-state index contributed by atoms with van der Waals surface area (Å²) in [6.45, 7) is 8.17. The molecule has 19 nitrogen and oxygen atoms in total. The minimum absolute atomic E-state index is 0.0211. The number of ether oxygens (including phenoxy) is 2. The summed E-state index contributed by atoms with van der Waals surface area (Å²) in [5.41, 5.74) is 9.91. The van der Waals surface area contributed by atoms with Gasteiger partial charge in [-0.15, -0.1) is 23.2 Å². The Kier molecular flexibility index (Phi) is 23.4. The first-order valence-corrected chi connectivity index (χ1v) is 30.9. The lowest BCUT2D eigenvalue weighted by atomic mass is 9.95. The van der Waals surface area contributed by atoms with E-state index in [1.54, 1.807) is 32.9 Å². The van der Waals surface area contributed by atoms with E-state index >= 15 is 0 Å². The summed E-state index contributed by atoms with van der Waals surface area (Å²) in [5.74, 6) is 0.353. The van der Waals surface area contributed by atoms with Gasteiger partial charge in [0.05, 0.1) is 23.5 Å². The molecule has 0 aromatic heterocycles. The number of carbonyl (C=O) groups excluding carboxylic acids is 8. The van der Waals surface area contributed by atoms with Crippen LogP contribution in [0.3, 0.4) is 0 Å². The SMILES string of the molecule is CC(C)CC(N[C@@H](CCCNC(N)=O)C(=O)Nc1ccc(COc2cc3c(c4ccccc24)[C@H](CCl)CN3C(=O)CCCC(=O)N2C[C@@H](CCl)c3c2cc(OC(=O)N2CCN(C)CC2)c2ccccc32)cc1)C(=O)CCCCCNC(=O)/C=C\C=O. The number of urea groups is 1. The predicted octanol–water partition coefficient (Wildman–Crippen LogP) is 9.29. The molecule has 4 atom stereocenters. The monoisotopic (exact) mass is 1220 g/mol. The smallest absolute Gasteiger partial charge is 0.415 e. The van der Waals surface area contributed by atoms with Crippen molar-refractivity contribution in [3.8, 4) is 11.5 Å². The number of alkyl halides is 2. The zero-order valence-corrected chi connectivity index (χ0v) is 50.8. The number of nitrogens with two attached hydrogens (primary N) is 1. The number of nitrogens with zero attached hydrogens (tertiary/aromatic N) is 4. The number of carbonyl (C=O) groups is 8. The van der Waals surface area contributed by atoms with Crippen molar-refractivity contribution >= 4 is 110 Å². The summed E-state index contributed by atoms with van der Waals surface area (Å²) in [6.07, 6.45) is 6.35. The number of fused-ring (bicyclic) bond motifs is 6. The van der Waals surface area contributed by atoms with Gasteiger partial charge in [0.1, 0.15) is 30.2 Å². The Labute approximate surface area is 512 Å². The summed E-state index contributed by atoms with van der Waals surface area (Å²) in [6, 6.07) is 24.5. The molecule has 3 aliphatic rings. The normalized spacial score (nSPS) is 16.5. The highest BCUT2D eigenvalue weighted by Gasteiger charge is 2.37. The Morgan fingerprint density at radius 1 is 0.686 bits per heavy atom. The molecule has 0 radical (unpaired) electrons. The number of unbranched alkanes of at least 4 members (excludes halogenated alkanes) is 2. The number of hydrogen-bond acceptors (Lipinski definition) is 12. The number of aldehydes is 1. The van der Waals surface area contributed by atoms with E-state index < -0.39 is 24.2 Å². The van der Waals surface area contributed by atoms with Crippen molar-refractivity contribution in [1.29, 1.82) is 0 Å². The number of anilines is 3. The van der Waals surface area contributed by atoms with Crippen LogP contribution in [0.15, 0.2) is 97.1 Å². The second-order valence-corrected chi connectivity index (χ2v) is 23.4. The van der Waals surface area contributed by atoms with Gasteiger partial charge in [0.15, 0.2) is 0 Å². The van der Waals surface area contributed by atoms with E-state index in [0.717, 1.165) is 63.5 Å². The second-order valence-electron chi connectivity index (χ2n) is 22.8. The van der Waals surface area contributed by atoms with Crippen molar-refractivity contribution in [1.82, 2.24) is 25.8 Å². The average molecular weight is 1220 g/mol. The van der Waals surface area contributed by atoms with Crippen LogP contribution < -0.4 is 46.3 Å². The molecule has 5 aromatic carbocycles. The first-order valence-electron chi connectivity index (χ1n) is 29.8. The van der Waals surface area contributed by atoms with Crippen LogP contribution in [0.4, 0.5) is 26.7 Å². The fourth-order valence-corrected chi connectivity index (χ4v) is 12.1. The minimum Gasteiger partial charge on any atom is -0.488 e. The van der Waals surface area contributed by atoms with Crippen LogP contribution in [-0.2, 0) is 35.4 Å². The molecule has 0 saturated carbocycles. The fourth-order valence-electron chi connectivity index (χ4n) is 11.6. The van der Waals surface area contributed by atoms with Gasteiger partial charge in [-0.25, -0.2) is 9.59 Å². The lowest BCUT2D eigenvalue weighted by Gasteiger charge is -2.31. The van der Waals surface area contributed by atoms with E-state index in [0.29, 0.717) is 113 Å². The summed E-state index contributed by atoms with van der Waals surface area (Å²) in [4.78, 5) is 111. The third-order valence-electron chi connectivity index (χ3n) is 16.1. The number of allylic oxidation sites excluding steroid dienone is 1. The summed E-state index contributed by atoms with van der Waals surface area (Å²) >= 11 is 13.2. The highest BCUT2D eigenvalue weighted by molar-refractivity contribution is 6.19. The first-order chi connectivity index (χ1) is 41.6. The molecule has 8 rings (SSSR count). The molecular weight excluding hydrogens is 1140 g/mol. The Balaban J connectivity index is 0.903. The molecule has 0 aliphatic carbocycles. The number of nitrogens with one attached hydrogen (secondary N) is 4. The number of likely N-dealkylation sites (N-methyl/N-ethyl adjacent to an activating group) is 1. The molecule has 5 aromatic rings. The summed E-state index contributed by atoms with van der Waals surface area (Å²) in [5, 5.41) is 15.1. The molecule has 0 spiro atoms. The van der Waals surface area contributed by atoms with Crippen molar-refractivity contribution < 1.29 is 47.8 Å². The zero-order valence-electron chi connectivity index (χ0n) is 49.3. The number of hydrogen-bond donors (Lipinski definition) is 5. The third kappa shape index (κ3) is 16.7. The van der Waals surface area contributed by atoms with Gasteiger partial charge in [0.25, 0.3) is 0 Å². The molecule has 6 N–H and O–H groups in total. The van der Waals surface area contributed by atoms with Gasteiger partial charge < -0.3 is 50.8 Å². The van der Waals surface area contributed by atoms with Gasteiger partial charge in [-0.1, -0.05) is 80.9 Å². The molecule has 1 unspecified atom stereocenters. The largest absolute Gasteiger partial charge is 0.488 e. The predicted molar refractivity (Wildman–Crippen MR) is 337 cm³/mol. The van der Waals surface area contributed by atoms with Crippen LogP contribution in [0.25, 0.3) is 21.5 Å². The Morgan fingerprint density at radius 2 is 1.27 bits per heavy atom. The fraction of sp³-hybridized carbons (Fsp3) is 0.446. The maximum atomic E-state index is 14.4. The number of Topliss-reactive ketones (excluding diaryl/α,β-unsaturated/α-hetero) is 1. The van der Waals surface area contributed by atoms with Crippen LogP contribution in [0, 0.1) is 5.92 Å². The molecule has 458 valence electrons. The maximum Gasteiger partial charge on any atom is 0.415 e. The summed E-state index contributed by atoms with van der Waals surface area (Å²) < 4.78 is 12.7. The molecule has 7 amide bonds. The molecule has 0 bridgehead atoms. The van der Waals surface area contributed by atoms with Gasteiger partial charge in [0, 0.05) is 130 Å². The van der Waals surface area contributed by atoms with Crippen molar-refractivity contribution in [3.05, 3.63) is 114 Å². The molecule has 3 aliphatic heterocycles. The molecule has 86 heavy (non-hydrogen) atoms. The number of primary amides is 1. The van der Waals surface area contributed by atoms with E-state index in [1.807, 2.05) is 87.6 Å².